The minimum Gasteiger partial charge on any atom is -0.370 e. The average Bonchev–Trinajstić information content (AvgIpc) is 3.55. The Balaban J connectivity index is 1.18. The lowest BCUT2D eigenvalue weighted by Crippen LogP contribution is -2.49. The van der Waals surface area contributed by atoms with Gasteiger partial charge in [-0.2, -0.15) is 4.98 Å². The number of hydrogen-bond donors (Lipinski definition) is 2. The van der Waals surface area contributed by atoms with Gasteiger partial charge in [-0.25, -0.2) is 0 Å². The number of nitrogens with one attached hydrogen (secondary N) is 1. The third-order valence-electron chi connectivity index (χ3n) is 6.61. The van der Waals surface area contributed by atoms with Gasteiger partial charge < -0.3 is 25.0 Å². The largest absolute Gasteiger partial charge is 0.370 e. The second kappa shape index (κ2) is 9.54. The van der Waals surface area contributed by atoms with E-state index in [-0.39, 0.29) is 17.9 Å². The molecule has 2 aromatic carbocycles. The molecule has 1 amide bonds. The van der Waals surface area contributed by atoms with Crippen molar-refractivity contribution in [3.8, 4) is 11.4 Å². The smallest absolute Gasteiger partial charge is 0.249 e. The quantitative estimate of drug-likeness (QED) is 0.445. The van der Waals surface area contributed by atoms with Crippen molar-refractivity contribution in [2.45, 2.75) is 25.3 Å². The molecule has 2 aliphatic heterocycles. The lowest BCUT2D eigenvalue weighted by molar-refractivity contribution is -0.130. The molecule has 1 atom stereocenters. The lowest BCUT2D eigenvalue weighted by atomic mass is 10.1. The van der Waals surface area contributed by atoms with Crippen molar-refractivity contribution in [2.24, 2.45) is 5.73 Å². The molecule has 9 nitrogen and oxygen atoms in total. The summed E-state index contributed by atoms with van der Waals surface area (Å²) >= 11 is 0. The fourth-order valence-electron chi connectivity index (χ4n) is 4.72. The monoisotopic (exact) mass is 459 g/mol. The number of nitrogens with zero attached hydrogens (tertiary/aromatic N) is 5. The molecular formula is C25H29N7O2. The van der Waals surface area contributed by atoms with Crippen molar-refractivity contribution in [1.82, 2.24) is 19.9 Å². The van der Waals surface area contributed by atoms with Gasteiger partial charge in [0.25, 0.3) is 0 Å². The lowest BCUT2D eigenvalue weighted by Gasteiger charge is -2.36. The van der Waals surface area contributed by atoms with E-state index >= 15 is 0 Å². The molecule has 0 bridgehead atoms. The van der Waals surface area contributed by atoms with E-state index in [2.05, 4.69) is 27.2 Å². The van der Waals surface area contributed by atoms with Crippen LogP contribution >= 0.6 is 0 Å². The van der Waals surface area contributed by atoms with E-state index in [0.29, 0.717) is 18.1 Å². The highest BCUT2D eigenvalue weighted by molar-refractivity contribution is 5.79. The topological polar surface area (TPSA) is 116 Å². The molecule has 176 valence electrons. The fraction of sp³-hybridized carbons (Fsp3) is 0.360. The zero-order valence-electron chi connectivity index (χ0n) is 19.1. The standard InChI is InChI=1S/C25H29N7O2/c26-25(27)32-12-4-7-21(32)24-28-23(29-34-24)19-8-10-20(11-9-19)30-13-15-31(16-14-30)22(33)17-18-5-2-1-3-6-18/h1-3,5-6,8-11,21H,4,7,12-17H2,(H3,26,27)/t21-/m0/s1. The summed E-state index contributed by atoms with van der Waals surface area (Å²) in [5, 5.41) is 11.9. The van der Waals surface area contributed by atoms with E-state index < -0.39 is 0 Å². The van der Waals surface area contributed by atoms with Crippen LogP contribution in [0.3, 0.4) is 0 Å². The van der Waals surface area contributed by atoms with Crippen molar-refractivity contribution in [2.75, 3.05) is 37.6 Å². The number of benzene rings is 2. The summed E-state index contributed by atoms with van der Waals surface area (Å²) in [7, 11) is 0. The summed E-state index contributed by atoms with van der Waals surface area (Å²) in [4.78, 5) is 23.2. The highest BCUT2D eigenvalue weighted by Crippen LogP contribution is 2.32. The summed E-state index contributed by atoms with van der Waals surface area (Å²) < 4.78 is 5.50. The SMILES string of the molecule is N=C(N)N1CCC[C@H]1c1nc(-c2ccc(N3CCN(C(=O)Cc4ccccc4)CC3)cc2)no1. The molecule has 3 aromatic rings. The summed E-state index contributed by atoms with van der Waals surface area (Å²) in [6.45, 7) is 3.77. The van der Waals surface area contributed by atoms with Crippen molar-refractivity contribution in [3.05, 3.63) is 66.1 Å². The zero-order chi connectivity index (χ0) is 23.5. The van der Waals surface area contributed by atoms with Gasteiger partial charge in [-0.3, -0.25) is 10.2 Å². The summed E-state index contributed by atoms with van der Waals surface area (Å²) in [5.41, 5.74) is 8.73. The molecule has 0 aliphatic carbocycles. The third-order valence-corrected chi connectivity index (χ3v) is 6.61. The number of amides is 1. The van der Waals surface area contributed by atoms with Crippen molar-refractivity contribution in [1.29, 1.82) is 5.41 Å². The van der Waals surface area contributed by atoms with Crippen LogP contribution in [0.5, 0.6) is 0 Å². The van der Waals surface area contributed by atoms with Crippen molar-refractivity contribution >= 4 is 17.6 Å². The summed E-state index contributed by atoms with van der Waals surface area (Å²) in [6, 6.07) is 17.9. The Morgan fingerprint density at radius 1 is 1.03 bits per heavy atom. The van der Waals surface area contributed by atoms with Crippen molar-refractivity contribution < 1.29 is 9.32 Å². The van der Waals surface area contributed by atoms with Crippen LogP contribution in [-0.4, -0.2) is 64.5 Å². The van der Waals surface area contributed by atoms with Crippen LogP contribution in [0.1, 0.15) is 30.3 Å². The highest BCUT2D eigenvalue weighted by atomic mass is 16.5. The maximum atomic E-state index is 12.6. The van der Waals surface area contributed by atoms with Gasteiger partial charge in [-0.15, -0.1) is 0 Å². The van der Waals surface area contributed by atoms with Gasteiger partial charge in [0.05, 0.1) is 6.42 Å². The van der Waals surface area contributed by atoms with Crippen LogP contribution in [0.2, 0.25) is 0 Å². The van der Waals surface area contributed by atoms with Gasteiger partial charge in [0.1, 0.15) is 6.04 Å². The third kappa shape index (κ3) is 4.59. The number of carbonyl (C=O) groups excluding carboxylic acids is 1. The molecule has 5 rings (SSSR count). The number of aromatic nitrogens is 2. The molecule has 2 saturated heterocycles. The van der Waals surface area contributed by atoms with E-state index in [1.807, 2.05) is 47.4 Å². The Bertz CT molecular complexity index is 1140. The van der Waals surface area contributed by atoms with E-state index in [9.17, 15) is 4.79 Å². The van der Waals surface area contributed by atoms with Crippen LogP contribution in [0.15, 0.2) is 59.1 Å². The summed E-state index contributed by atoms with van der Waals surface area (Å²) in [5.74, 6) is 1.25. The van der Waals surface area contributed by atoms with Crippen LogP contribution in [0.4, 0.5) is 5.69 Å². The van der Waals surface area contributed by atoms with Gasteiger partial charge >= 0.3 is 0 Å². The van der Waals surface area contributed by atoms with Gasteiger partial charge in [0.15, 0.2) is 5.96 Å². The van der Waals surface area contributed by atoms with Gasteiger partial charge in [-0.1, -0.05) is 35.5 Å². The number of hydrogen-bond acceptors (Lipinski definition) is 6. The van der Waals surface area contributed by atoms with Gasteiger partial charge in [0, 0.05) is 44.0 Å². The number of likely N-dealkylation sites (tertiary alicyclic amines) is 1. The first-order valence-corrected chi connectivity index (χ1v) is 11.7. The van der Waals surface area contributed by atoms with Crippen molar-refractivity contribution in [3.63, 3.8) is 0 Å². The Morgan fingerprint density at radius 2 is 1.76 bits per heavy atom. The Kier molecular flexibility index (Phi) is 6.16. The molecule has 9 heteroatoms. The minimum atomic E-state index is -0.126. The number of nitrogens with two attached hydrogens (primary N) is 1. The first kappa shape index (κ1) is 21.9. The van der Waals surface area contributed by atoms with Crippen LogP contribution in [0.25, 0.3) is 11.4 Å². The Labute approximate surface area is 198 Å². The Hall–Kier alpha value is -3.88. The predicted molar refractivity (Wildman–Crippen MR) is 129 cm³/mol. The fourth-order valence-corrected chi connectivity index (χ4v) is 4.72. The maximum Gasteiger partial charge on any atom is 0.249 e. The van der Waals surface area contributed by atoms with Crippen LogP contribution < -0.4 is 10.6 Å². The molecule has 0 saturated carbocycles. The van der Waals surface area contributed by atoms with Crippen LogP contribution in [-0.2, 0) is 11.2 Å². The molecule has 2 aliphatic rings. The zero-order valence-corrected chi connectivity index (χ0v) is 19.1. The molecule has 2 fully saturated rings. The van der Waals surface area contributed by atoms with Crippen LogP contribution in [0, 0.1) is 5.41 Å². The normalized spacial score (nSPS) is 18.4. The first-order valence-electron chi connectivity index (χ1n) is 11.7. The molecule has 0 unspecified atom stereocenters. The number of guanidine groups is 1. The summed E-state index contributed by atoms with van der Waals surface area (Å²) in [6.07, 6.45) is 2.25. The van der Waals surface area contributed by atoms with E-state index in [0.717, 1.165) is 62.4 Å². The number of anilines is 1. The highest BCUT2D eigenvalue weighted by Gasteiger charge is 2.31. The molecule has 3 heterocycles. The number of rotatable bonds is 5. The predicted octanol–water partition coefficient (Wildman–Crippen LogP) is 2.66. The van der Waals surface area contributed by atoms with E-state index in [4.69, 9.17) is 15.7 Å². The maximum absolute atomic E-state index is 12.6. The molecule has 0 radical (unpaired) electrons. The average molecular weight is 460 g/mol. The minimum absolute atomic E-state index is 0.0356. The molecule has 0 spiro atoms. The molecular weight excluding hydrogens is 430 g/mol. The second-order valence-corrected chi connectivity index (χ2v) is 8.77. The molecule has 3 N–H and O–H groups in total. The first-order chi connectivity index (χ1) is 16.6. The number of piperazine rings is 1. The van der Waals surface area contributed by atoms with Gasteiger partial charge in [0.2, 0.25) is 17.6 Å². The number of carbonyl (C=O) groups is 1. The van der Waals surface area contributed by atoms with E-state index in [1.165, 1.54) is 0 Å². The Morgan fingerprint density at radius 3 is 2.47 bits per heavy atom. The van der Waals surface area contributed by atoms with E-state index in [1.54, 1.807) is 4.90 Å². The second-order valence-electron chi connectivity index (χ2n) is 8.77. The molecule has 34 heavy (non-hydrogen) atoms. The molecule has 1 aromatic heterocycles. The van der Waals surface area contributed by atoms with Gasteiger partial charge in [-0.05, 0) is 42.7 Å².